The second kappa shape index (κ2) is 8.34. The Balaban J connectivity index is 1.80. The summed E-state index contributed by atoms with van der Waals surface area (Å²) in [5.41, 5.74) is 7.02. The van der Waals surface area contributed by atoms with Gasteiger partial charge in [0.1, 0.15) is 0 Å². The number of nitrogens with one attached hydrogen (secondary N) is 1. The first-order chi connectivity index (χ1) is 12.4. The SMILES string of the molecule is N[C@H]1CCCC[C@@H]1N=C(Nc1ccc(S(N)(=O)=O)cc1)N1CCOCC1. The zero-order chi connectivity index (χ0) is 18.6. The molecule has 0 spiro atoms. The van der Waals surface area contributed by atoms with Gasteiger partial charge in [-0.25, -0.2) is 18.5 Å². The minimum absolute atomic E-state index is 0.0753. The van der Waals surface area contributed by atoms with E-state index in [4.69, 9.17) is 20.6 Å². The lowest BCUT2D eigenvalue weighted by molar-refractivity contribution is 0.0677. The first-order valence-electron chi connectivity index (χ1n) is 8.99. The molecule has 0 radical (unpaired) electrons. The zero-order valence-electron chi connectivity index (χ0n) is 14.8. The van der Waals surface area contributed by atoms with Crippen LogP contribution >= 0.6 is 0 Å². The molecule has 26 heavy (non-hydrogen) atoms. The first-order valence-corrected chi connectivity index (χ1v) is 10.5. The highest BCUT2D eigenvalue weighted by atomic mass is 32.2. The average Bonchev–Trinajstić information content (AvgIpc) is 2.63. The summed E-state index contributed by atoms with van der Waals surface area (Å²) in [4.78, 5) is 7.15. The monoisotopic (exact) mass is 381 g/mol. The van der Waals surface area contributed by atoms with Crippen LogP contribution in [-0.2, 0) is 14.8 Å². The van der Waals surface area contributed by atoms with E-state index >= 15 is 0 Å². The van der Waals surface area contributed by atoms with Gasteiger partial charge in [-0.3, -0.25) is 0 Å². The molecule has 1 saturated heterocycles. The van der Waals surface area contributed by atoms with E-state index in [2.05, 4.69) is 10.2 Å². The molecule has 1 aromatic rings. The summed E-state index contributed by atoms with van der Waals surface area (Å²) in [5, 5.41) is 8.48. The fourth-order valence-electron chi connectivity index (χ4n) is 3.28. The lowest BCUT2D eigenvalue weighted by Crippen LogP contribution is -2.46. The highest BCUT2D eigenvalue weighted by Gasteiger charge is 2.24. The molecule has 1 aromatic carbocycles. The number of benzene rings is 1. The van der Waals surface area contributed by atoms with Gasteiger partial charge in [0, 0.05) is 24.8 Å². The number of hydrogen-bond donors (Lipinski definition) is 3. The van der Waals surface area contributed by atoms with E-state index in [0.717, 1.165) is 50.4 Å². The molecule has 0 amide bonds. The van der Waals surface area contributed by atoms with Crippen molar-refractivity contribution in [2.45, 2.75) is 42.7 Å². The van der Waals surface area contributed by atoms with Gasteiger partial charge in [-0.15, -0.1) is 0 Å². The molecule has 5 N–H and O–H groups in total. The molecular formula is C17H27N5O3S. The van der Waals surface area contributed by atoms with Crippen molar-refractivity contribution >= 4 is 21.7 Å². The predicted octanol–water partition coefficient (Wildman–Crippen LogP) is 0.704. The van der Waals surface area contributed by atoms with Crippen molar-refractivity contribution in [3.05, 3.63) is 24.3 Å². The van der Waals surface area contributed by atoms with Crippen LogP contribution in [0.5, 0.6) is 0 Å². The van der Waals surface area contributed by atoms with E-state index in [9.17, 15) is 8.42 Å². The maximum Gasteiger partial charge on any atom is 0.238 e. The van der Waals surface area contributed by atoms with Crippen molar-refractivity contribution in [1.29, 1.82) is 0 Å². The highest BCUT2D eigenvalue weighted by Crippen LogP contribution is 2.21. The van der Waals surface area contributed by atoms with Crippen molar-refractivity contribution in [2.75, 3.05) is 31.6 Å². The minimum atomic E-state index is -3.70. The van der Waals surface area contributed by atoms with Crippen LogP contribution in [0.15, 0.2) is 34.2 Å². The van der Waals surface area contributed by atoms with Crippen LogP contribution in [0.4, 0.5) is 5.69 Å². The number of ether oxygens (including phenoxy) is 1. The van der Waals surface area contributed by atoms with Gasteiger partial charge >= 0.3 is 0 Å². The van der Waals surface area contributed by atoms with Crippen LogP contribution in [0, 0.1) is 0 Å². The largest absolute Gasteiger partial charge is 0.378 e. The molecule has 9 heteroatoms. The highest BCUT2D eigenvalue weighted by molar-refractivity contribution is 7.89. The smallest absolute Gasteiger partial charge is 0.238 e. The van der Waals surface area contributed by atoms with Gasteiger partial charge in [-0.1, -0.05) is 12.8 Å². The van der Waals surface area contributed by atoms with E-state index in [1.165, 1.54) is 12.1 Å². The zero-order valence-corrected chi connectivity index (χ0v) is 15.6. The van der Waals surface area contributed by atoms with Gasteiger partial charge in [-0.05, 0) is 37.1 Å². The Morgan fingerprint density at radius 2 is 1.81 bits per heavy atom. The number of morpholine rings is 1. The summed E-state index contributed by atoms with van der Waals surface area (Å²) >= 11 is 0. The second-order valence-corrected chi connectivity index (χ2v) is 8.32. The third kappa shape index (κ3) is 4.94. The van der Waals surface area contributed by atoms with Crippen molar-refractivity contribution in [2.24, 2.45) is 15.9 Å². The summed E-state index contributed by atoms with van der Waals surface area (Å²) in [5.74, 6) is 0.763. The van der Waals surface area contributed by atoms with Gasteiger partial charge < -0.3 is 20.7 Å². The van der Waals surface area contributed by atoms with Crippen LogP contribution < -0.4 is 16.2 Å². The van der Waals surface area contributed by atoms with Crippen LogP contribution in [0.1, 0.15) is 25.7 Å². The molecular weight excluding hydrogens is 354 g/mol. The van der Waals surface area contributed by atoms with E-state index in [-0.39, 0.29) is 17.0 Å². The van der Waals surface area contributed by atoms with Gasteiger partial charge in [0.25, 0.3) is 0 Å². The van der Waals surface area contributed by atoms with Crippen LogP contribution in [0.2, 0.25) is 0 Å². The normalized spacial score (nSPS) is 25.2. The summed E-state index contributed by atoms with van der Waals surface area (Å²) < 4.78 is 28.3. The molecule has 2 fully saturated rings. The average molecular weight is 382 g/mol. The van der Waals surface area contributed by atoms with Crippen LogP contribution in [0.25, 0.3) is 0 Å². The number of aliphatic imine (C=N–C) groups is 1. The van der Waals surface area contributed by atoms with E-state index in [1.54, 1.807) is 12.1 Å². The van der Waals surface area contributed by atoms with Gasteiger partial charge in [0.05, 0.1) is 24.2 Å². The quantitative estimate of drug-likeness (QED) is 0.523. The molecule has 1 aliphatic carbocycles. The molecule has 1 aliphatic heterocycles. The van der Waals surface area contributed by atoms with Crippen molar-refractivity contribution in [3.63, 3.8) is 0 Å². The molecule has 0 unspecified atom stereocenters. The first kappa shape index (κ1) is 19.1. The second-order valence-electron chi connectivity index (χ2n) is 6.76. The van der Waals surface area contributed by atoms with Crippen molar-refractivity contribution in [1.82, 2.24) is 4.90 Å². The number of nitrogens with zero attached hydrogens (tertiary/aromatic N) is 2. The minimum Gasteiger partial charge on any atom is -0.378 e. The molecule has 2 aliphatic rings. The number of hydrogen-bond acceptors (Lipinski definition) is 5. The lowest BCUT2D eigenvalue weighted by Gasteiger charge is -2.33. The third-order valence-corrected chi connectivity index (χ3v) is 5.75. The number of sulfonamides is 1. The molecule has 1 saturated carbocycles. The number of nitrogens with two attached hydrogens (primary N) is 2. The Hall–Kier alpha value is -1.68. The van der Waals surface area contributed by atoms with Crippen molar-refractivity contribution < 1.29 is 13.2 Å². The Kier molecular flexibility index (Phi) is 6.13. The topological polar surface area (TPSA) is 123 Å². The molecule has 0 aromatic heterocycles. The maximum absolute atomic E-state index is 11.4. The summed E-state index contributed by atoms with van der Waals surface area (Å²) in [6.45, 7) is 2.82. The predicted molar refractivity (Wildman–Crippen MR) is 101 cm³/mol. The molecule has 2 atom stereocenters. The molecule has 8 nitrogen and oxygen atoms in total. The van der Waals surface area contributed by atoms with Crippen LogP contribution in [-0.4, -0.2) is 57.7 Å². The standard InChI is InChI=1S/C17H27N5O3S/c18-15-3-1-2-4-16(15)21-17(22-9-11-25-12-10-22)20-13-5-7-14(8-6-13)26(19,23)24/h5-8,15-16H,1-4,9-12,18H2,(H,20,21)(H2,19,23,24)/t15-,16-/m0/s1. The number of guanidine groups is 1. The number of anilines is 1. The fourth-order valence-corrected chi connectivity index (χ4v) is 3.80. The number of primary sulfonamides is 1. The summed E-state index contributed by atoms with van der Waals surface area (Å²) in [6, 6.07) is 6.53. The summed E-state index contributed by atoms with van der Waals surface area (Å²) in [7, 11) is -3.70. The van der Waals surface area contributed by atoms with Crippen molar-refractivity contribution in [3.8, 4) is 0 Å². The Bertz CT molecular complexity index is 729. The Labute approximate surface area is 154 Å². The van der Waals surface area contributed by atoms with Crippen LogP contribution in [0.3, 0.4) is 0 Å². The van der Waals surface area contributed by atoms with E-state index in [1.807, 2.05) is 0 Å². The Morgan fingerprint density at radius 3 is 2.42 bits per heavy atom. The lowest BCUT2D eigenvalue weighted by atomic mass is 9.91. The fraction of sp³-hybridized carbons (Fsp3) is 0.588. The summed E-state index contributed by atoms with van der Waals surface area (Å²) in [6.07, 6.45) is 4.28. The van der Waals surface area contributed by atoms with Gasteiger partial charge in [0.15, 0.2) is 5.96 Å². The molecule has 144 valence electrons. The maximum atomic E-state index is 11.4. The van der Waals surface area contributed by atoms with Gasteiger partial charge in [0.2, 0.25) is 10.0 Å². The number of rotatable bonds is 3. The Morgan fingerprint density at radius 1 is 1.15 bits per heavy atom. The van der Waals surface area contributed by atoms with Gasteiger partial charge in [-0.2, -0.15) is 0 Å². The molecule has 0 bridgehead atoms. The molecule has 1 heterocycles. The van der Waals surface area contributed by atoms with E-state index in [0.29, 0.717) is 13.2 Å². The third-order valence-electron chi connectivity index (χ3n) is 4.82. The van der Waals surface area contributed by atoms with E-state index < -0.39 is 10.0 Å². The molecule has 3 rings (SSSR count).